The highest BCUT2D eigenvalue weighted by molar-refractivity contribution is 6.31. The van der Waals surface area contributed by atoms with E-state index in [2.05, 4.69) is 15.3 Å². The summed E-state index contributed by atoms with van der Waals surface area (Å²) in [5.41, 5.74) is 5.78. The van der Waals surface area contributed by atoms with Crippen LogP contribution in [0.3, 0.4) is 0 Å². The third kappa shape index (κ3) is 4.35. The molecule has 6 nitrogen and oxygen atoms in total. The predicted molar refractivity (Wildman–Crippen MR) is 123 cm³/mol. The molecule has 0 amide bonds. The van der Waals surface area contributed by atoms with Crippen molar-refractivity contribution in [1.82, 2.24) is 30.3 Å². The van der Waals surface area contributed by atoms with E-state index in [9.17, 15) is 0 Å². The molecule has 0 saturated carbocycles. The van der Waals surface area contributed by atoms with Crippen LogP contribution in [0.15, 0.2) is 78.9 Å². The van der Waals surface area contributed by atoms with Crippen molar-refractivity contribution in [2.75, 3.05) is 0 Å². The molecule has 2 N–H and O–H groups in total. The van der Waals surface area contributed by atoms with Gasteiger partial charge in [-0.15, -0.1) is 0 Å². The van der Waals surface area contributed by atoms with Crippen molar-refractivity contribution in [3.05, 3.63) is 101 Å². The van der Waals surface area contributed by atoms with Crippen molar-refractivity contribution < 1.29 is 0 Å². The number of nitrogens with one attached hydrogen (secondary N) is 2. The fourth-order valence-electron chi connectivity index (χ4n) is 3.56. The molecule has 0 fully saturated rings. The maximum absolute atomic E-state index is 6.33. The van der Waals surface area contributed by atoms with Crippen molar-refractivity contribution in [3.8, 4) is 11.3 Å². The highest BCUT2D eigenvalue weighted by Gasteiger charge is 2.14. The first-order chi connectivity index (χ1) is 15.3. The minimum absolute atomic E-state index is 0.517. The van der Waals surface area contributed by atoms with Crippen LogP contribution in [0.25, 0.3) is 22.3 Å². The molecule has 154 valence electrons. The Morgan fingerprint density at radius 1 is 0.839 bits per heavy atom. The normalized spacial score (nSPS) is 11.3. The summed E-state index contributed by atoms with van der Waals surface area (Å²) >= 11 is 6.33. The quantitative estimate of drug-likeness (QED) is 0.390. The van der Waals surface area contributed by atoms with Crippen molar-refractivity contribution in [1.29, 1.82) is 0 Å². The van der Waals surface area contributed by atoms with Gasteiger partial charge in [-0.1, -0.05) is 72.3 Å². The standard InChI is InChI=1S/C24H21ClN6/c25-19-11-5-4-10-18(19)16-31-29-22(24(30-31)17-8-2-1-3-9-17)14-26-15-23-27-20-12-6-7-13-21(20)28-23/h1-13,26H,14-16H2,(H,27,28). The monoisotopic (exact) mass is 428 g/mol. The summed E-state index contributed by atoms with van der Waals surface area (Å²) in [6.45, 7) is 1.70. The summed E-state index contributed by atoms with van der Waals surface area (Å²) in [6, 6.07) is 25.9. The van der Waals surface area contributed by atoms with E-state index in [1.54, 1.807) is 4.80 Å². The van der Waals surface area contributed by atoms with E-state index in [4.69, 9.17) is 21.8 Å². The molecule has 0 bridgehead atoms. The number of rotatable bonds is 7. The van der Waals surface area contributed by atoms with Crippen molar-refractivity contribution in [3.63, 3.8) is 0 Å². The Morgan fingerprint density at radius 3 is 2.45 bits per heavy atom. The van der Waals surface area contributed by atoms with E-state index >= 15 is 0 Å². The highest BCUT2D eigenvalue weighted by atomic mass is 35.5. The van der Waals surface area contributed by atoms with E-state index in [0.29, 0.717) is 24.7 Å². The fraction of sp³-hybridized carbons (Fsp3) is 0.125. The van der Waals surface area contributed by atoms with Gasteiger partial charge in [0.05, 0.1) is 24.1 Å². The smallest absolute Gasteiger partial charge is 0.121 e. The molecule has 0 atom stereocenters. The van der Waals surface area contributed by atoms with Crippen LogP contribution in [0.1, 0.15) is 17.1 Å². The van der Waals surface area contributed by atoms with Crippen LogP contribution in [0.2, 0.25) is 5.02 Å². The molecule has 3 aromatic carbocycles. The molecule has 5 aromatic rings. The third-order valence-electron chi connectivity index (χ3n) is 5.07. The maximum Gasteiger partial charge on any atom is 0.121 e. The number of aromatic nitrogens is 5. The summed E-state index contributed by atoms with van der Waals surface area (Å²) in [5.74, 6) is 0.894. The molecule has 0 aliphatic rings. The summed E-state index contributed by atoms with van der Waals surface area (Å²) in [6.07, 6.45) is 0. The minimum atomic E-state index is 0.517. The number of H-pyrrole nitrogens is 1. The Bertz CT molecular complexity index is 1280. The Hall–Kier alpha value is -3.48. The van der Waals surface area contributed by atoms with E-state index < -0.39 is 0 Å². The topological polar surface area (TPSA) is 71.4 Å². The van der Waals surface area contributed by atoms with Gasteiger partial charge in [-0.05, 0) is 23.8 Å². The molecule has 2 aromatic heterocycles. The second-order valence-electron chi connectivity index (χ2n) is 7.29. The summed E-state index contributed by atoms with van der Waals surface area (Å²) < 4.78 is 0. The van der Waals surface area contributed by atoms with Gasteiger partial charge >= 0.3 is 0 Å². The third-order valence-corrected chi connectivity index (χ3v) is 5.43. The Balaban J connectivity index is 1.37. The van der Waals surface area contributed by atoms with Crippen LogP contribution in [-0.4, -0.2) is 25.0 Å². The van der Waals surface area contributed by atoms with Gasteiger partial charge in [-0.2, -0.15) is 15.0 Å². The molecule has 0 unspecified atom stereocenters. The average Bonchev–Trinajstić information content (AvgIpc) is 3.39. The molecule has 0 radical (unpaired) electrons. The lowest BCUT2D eigenvalue weighted by Crippen LogP contribution is -2.15. The van der Waals surface area contributed by atoms with Gasteiger partial charge < -0.3 is 10.3 Å². The van der Waals surface area contributed by atoms with Gasteiger partial charge in [0.15, 0.2) is 0 Å². The largest absolute Gasteiger partial charge is 0.341 e. The number of para-hydroxylation sites is 2. The zero-order chi connectivity index (χ0) is 21.0. The first-order valence-corrected chi connectivity index (χ1v) is 10.5. The summed E-state index contributed by atoms with van der Waals surface area (Å²) in [7, 11) is 0. The van der Waals surface area contributed by atoms with Gasteiger partial charge in [0.2, 0.25) is 0 Å². The second-order valence-corrected chi connectivity index (χ2v) is 7.69. The lowest BCUT2D eigenvalue weighted by atomic mass is 10.1. The zero-order valence-electron chi connectivity index (χ0n) is 16.8. The number of aromatic amines is 1. The van der Waals surface area contributed by atoms with Gasteiger partial charge in [0, 0.05) is 17.1 Å². The van der Waals surface area contributed by atoms with Crippen LogP contribution in [0.5, 0.6) is 0 Å². The van der Waals surface area contributed by atoms with E-state index in [0.717, 1.165) is 39.4 Å². The number of fused-ring (bicyclic) bond motifs is 1. The minimum Gasteiger partial charge on any atom is -0.341 e. The van der Waals surface area contributed by atoms with Crippen molar-refractivity contribution >= 4 is 22.6 Å². The summed E-state index contributed by atoms with van der Waals surface area (Å²) in [4.78, 5) is 9.67. The van der Waals surface area contributed by atoms with E-state index in [-0.39, 0.29) is 0 Å². The first-order valence-electron chi connectivity index (χ1n) is 10.1. The van der Waals surface area contributed by atoms with E-state index in [1.807, 2.05) is 78.9 Å². The first kappa shape index (κ1) is 19.5. The number of hydrogen-bond acceptors (Lipinski definition) is 4. The zero-order valence-corrected chi connectivity index (χ0v) is 17.5. The molecule has 0 aliphatic carbocycles. The van der Waals surface area contributed by atoms with Crippen LogP contribution >= 0.6 is 11.6 Å². The molecule has 31 heavy (non-hydrogen) atoms. The lowest BCUT2D eigenvalue weighted by Gasteiger charge is -2.03. The predicted octanol–water partition coefficient (Wildman–Crippen LogP) is 4.81. The maximum atomic E-state index is 6.33. The lowest BCUT2D eigenvalue weighted by molar-refractivity contribution is 0.575. The number of hydrogen-bond donors (Lipinski definition) is 2. The molecular formula is C24H21ClN6. The Morgan fingerprint density at radius 2 is 1.61 bits per heavy atom. The SMILES string of the molecule is Clc1ccccc1Cn1nc(CNCc2nc3ccccc3[nH]2)c(-c2ccccc2)n1. The number of halogens is 1. The number of nitrogens with zero attached hydrogens (tertiary/aromatic N) is 4. The van der Waals surface area contributed by atoms with Crippen LogP contribution in [0, 0.1) is 0 Å². The average molecular weight is 429 g/mol. The molecule has 0 saturated heterocycles. The second kappa shape index (κ2) is 8.71. The molecule has 2 heterocycles. The number of imidazole rings is 1. The van der Waals surface area contributed by atoms with Gasteiger partial charge in [-0.3, -0.25) is 0 Å². The van der Waals surface area contributed by atoms with Gasteiger partial charge in [0.25, 0.3) is 0 Å². The number of benzene rings is 3. The molecule has 5 rings (SSSR count). The molecular weight excluding hydrogens is 408 g/mol. The summed E-state index contributed by atoms with van der Waals surface area (Å²) in [5, 5.41) is 13.7. The Labute approximate surface area is 184 Å². The van der Waals surface area contributed by atoms with Gasteiger partial charge in [-0.25, -0.2) is 4.98 Å². The fourth-order valence-corrected chi connectivity index (χ4v) is 3.76. The molecule has 7 heteroatoms. The van der Waals surface area contributed by atoms with Crippen LogP contribution in [0.4, 0.5) is 0 Å². The Kier molecular flexibility index (Phi) is 5.48. The highest BCUT2D eigenvalue weighted by Crippen LogP contribution is 2.22. The van der Waals surface area contributed by atoms with Crippen molar-refractivity contribution in [2.24, 2.45) is 0 Å². The van der Waals surface area contributed by atoms with Crippen LogP contribution in [-0.2, 0) is 19.6 Å². The van der Waals surface area contributed by atoms with Crippen LogP contribution < -0.4 is 5.32 Å². The molecule has 0 aliphatic heterocycles. The van der Waals surface area contributed by atoms with Crippen molar-refractivity contribution in [2.45, 2.75) is 19.6 Å². The van der Waals surface area contributed by atoms with Gasteiger partial charge in [0.1, 0.15) is 17.2 Å². The van der Waals surface area contributed by atoms with E-state index in [1.165, 1.54) is 0 Å². The molecule has 0 spiro atoms.